The Morgan fingerprint density at radius 3 is 2.28 bits per heavy atom. The number of nitrogens with one attached hydrogen (secondary N) is 1. The number of carbonyl (C=O) groups excluding carboxylic acids is 2. The summed E-state index contributed by atoms with van der Waals surface area (Å²) in [5, 5.41) is 3.15. The molecule has 0 aliphatic rings. The molecule has 0 aliphatic carbocycles. The molecule has 0 spiro atoms. The van der Waals surface area contributed by atoms with Crippen molar-refractivity contribution in [1.29, 1.82) is 0 Å². The molecule has 0 bridgehead atoms. The maximum absolute atomic E-state index is 13.7. The molecule has 0 atom stereocenters. The molecule has 3 rings (SSSR count). The molecule has 10 heteroatoms. The van der Waals surface area contributed by atoms with Crippen LogP contribution in [0.5, 0.6) is 11.5 Å². The van der Waals surface area contributed by atoms with Crippen molar-refractivity contribution in [3.05, 3.63) is 87.9 Å². The summed E-state index contributed by atoms with van der Waals surface area (Å²) in [6.07, 6.45) is 0.469. The summed E-state index contributed by atoms with van der Waals surface area (Å²) in [5.74, 6) is -1.77. The number of anilines is 1. The fourth-order valence-electron chi connectivity index (χ4n) is 3.55. The highest BCUT2D eigenvalue weighted by Gasteiger charge is 2.19. The van der Waals surface area contributed by atoms with Crippen molar-refractivity contribution in [2.45, 2.75) is 13.0 Å². The van der Waals surface area contributed by atoms with E-state index in [1.165, 1.54) is 19.1 Å². The van der Waals surface area contributed by atoms with Gasteiger partial charge in [0.2, 0.25) is 0 Å². The number of rotatable bonds is 10. The van der Waals surface area contributed by atoms with Crippen molar-refractivity contribution in [2.24, 2.45) is 5.73 Å². The number of benzene rings is 3. The van der Waals surface area contributed by atoms with Crippen LogP contribution in [0.2, 0.25) is 5.02 Å². The van der Waals surface area contributed by atoms with Gasteiger partial charge < -0.3 is 25.4 Å². The highest BCUT2D eigenvalue weighted by atomic mass is 35.5. The number of nitrogens with two attached hydrogens (primary N) is 1. The third kappa shape index (κ3) is 6.71. The van der Waals surface area contributed by atoms with Crippen molar-refractivity contribution in [3.63, 3.8) is 0 Å². The molecule has 3 N–H and O–H groups in total. The fraction of sp³-hybridized carbons (Fsp3) is 0.231. The topological polar surface area (TPSA) is 93.9 Å². The van der Waals surface area contributed by atoms with Crippen LogP contribution in [0.25, 0.3) is 0 Å². The first kappa shape index (κ1) is 26.9. The molecule has 0 unspecified atom stereocenters. The number of methoxy groups -OCH3 is 2. The second-order valence-electron chi connectivity index (χ2n) is 7.86. The van der Waals surface area contributed by atoms with Crippen LogP contribution in [0.3, 0.4) is 0 Å². The van der Waals surface area contributed by atoms with Crippen LogP contribution in [-0.2, 0) is 6.54 Å². The highest BCUT2D eigenvalue weighted by Crippen LogP contribution is 2.28. The van der Waals surface area contributed by atoms with Crippen LogP contribution < -0.4 is 20.5 Å². The number of hydrogen-bond acceptors (Lipinski definition) is 5. The van der Waals surface area contributed by atoms with Crippen LogP contribution in [-0.4, -0.2) is 44.0 Å². The van der Waals surface area contributed by atoms with E-state index in [2.05, 4.69) is 5.32 Å². The van der Waals surface area contributed by atoms with E-state index in [1.807, 2.05) is 0 Å². The third-order valence-corrected chi connectivity index (χ3v) is 5.71. The van der Waals surface area contributed by atoms with E-state index in [1.54, 1.807) is 36.4 Å². The normalized spacial score (nSPS) is 10.6. The van der Waals surface area contributed by atoms with Crippen LogP contribution >= 0.6 is 11.6 Å². The minimum Gasteiger partial charge on any atom is -0.493 e. The highest BCUT2D eigenvalue weighted by molar-refractivity contribution is 6.31. The van der Waals surface area contributed by atoms with Crippen molar-refractivity contribution in [1.82, 2.24) is 4.90 Å². The Hall–Kier alpha value is -3.69. The lowest BCUT2D eigenvalue weighted by atomic mass is 10.1. The van der Waals surface area contributed by atoms with E-state index in [-0.39, 0.29) is 18.7 Å². The zero-order valence-electron chi connectivity index (χ0n) is 19.8. The van der Waals surface area contributed by atoms with Gasteiger partial charge in [-0.3, -0.25) is 9.59 Å². The van der Waals surface area contributed by atoms with Gasteiger partial charge in [0.15, 0.2) is 11.5 Å². The molecule has 2 amide bonds. The lowest BCUT2D eigenvalue weighted by Gasteiger charge is -2.24. The molecule has 0 saturated heterocycles. The minimum atomic E-state index is -0.852. The van der Waals surface area contributed by atoms with E-state index in [4.69, 9.17) is 26.8 Å². The lowest BCUT2D eigenvalue weighted by Crippen LogP contribution is -2.33. The molecule has 0 aliphatic heterocycles. The minimum absolute atomic E-state index is 0.0376. The molecule has 0 radical (unpaired) electrons. The summed E-state index contributed by atoms with van der Waals surface area (Å²) >= 11 is 6.38. The quantitative estimate of drug-likeness (QED) is 0.400. The Morgan fingerprint density at radius 1 is 0.944 bits per heavy atom. The van der Waals surface area contributed by atoms with Gasteiger partial charge in [0.05, 0.1) is 14.2 Å². The smallest absolute Gasteiger partial charge is 0.255 e. The number of halogens is 3. The first-order valence-electron chi connectivity index (χ1n) is 11.0. The second kappa shape index (κ2) is 12.3. The fourth-order valence-corrected chi connectivity index (χ4v) is 3.73. The maximum atomic E-state index is 13.7. The van der Waals surface area contributed by atoms with Crippen molar-refractivity contribution >= 4 is 29.1 Å². The number of amides is 2. The van der Waals surface area contributed by atoms with E-state index in [0.717, 1.165) is 12.1 Å². The van der Waals surface area contributed by atoms with E-state index >= 15 is 0 Å². The van der Waals surface area contributed by atoms with Gasteiger partial charge in [0.1, 0.15) is 11.6 Å². The van der Waals surface area contributed by atoms with Crippen molar-refractivity contribution < 1.29 is 27.8 Å². The molecule has 36 heavy (non-hydrogen) atoms. The summed E-state index contributed by atoms with van der Waals surface area (Å²) in [5.41, 5.74) is 6.80. The average Bonchev–Trinajstić information content (AvgIpc) is 2.86. The number of ether oxygens (including phenoxy) is 2. The van der Waals surface area contributed by atoms with Gasteiger partial charge in [-0.15, -0.1) is 0 Å². The predicted octanol–water partition coefficient (Wildman–Crippen LogP) is 4.88. The summed E-state index contributed by atoms with van der Waals surface area (Å²) in [6.45, 7) is 0.596. The van der Waals surface area contributed by atoms with E-state index in [0.29, 0.717) is 52.4 Å². The monoisotopic (exact) mass is 517 g/mol. The summed E-state index contributed by atoms with van der Waals surface area (Å²) < 4.78 is 37.8. The SMILES string of the molecule is COc1ccc(C(=O)Nc2ccc(Cl)c(CN(CCCN)C(=O)c3cc(F)cc(F)c3)c2)cc1OC. The Balaban J connectivity index is 1.83. The largest absolute Gasteiger partial charge is 0.493 e. The zero-order chi connectivity index (χ0) is 26.2. The van der Waals surface area contributed by atoms with Gasteiger partial charge in [-0.05, 0) is 67.1 Å². The van der Waals surface area contributed by atoms with Gasteiger partial charge in [-0.2, -0.15) is 0 Å². The van der Waals surface area contributed by atoms with Gasteiger partial charge in [0.25, 0.3) is 11.8 Å². The van der Waals surface area contributed by atoms with Crippen LogP contribution in [0.15, 0.2) is 54.6 Å². The molecule has 7 nitrogen and oxygen atoms in total. The van der Waals surface area contributed by atoms with Gasteiger partial charge in [-0.1, -0.05) is 11.6 Å². The Kier molecular flexibility index (Phi) is 9.21. The molecule has 0 fully saturated rings. The van der Waals surface area contributed by atoms with Crippen LogP contribution in [0.4, 0.5) is 14.5 Å². The Labute approximate surface area is 212 Å². The van der Waals surface area contributed by atoms with Gasteiger partial charge in [0, 0.05) is 41.0 Å². The molecule has 190 valence electrons. The average molecular weight is 518 g/mol. The van der Waals surface area contributed by atoms with Crippen LogP contribution in [0.1, 0.15) is 32.7 Å². The Bertz CT molecular complexity index is 1240. The number of nitrogens with zero attached hydrogens (tertiary/aromatic N) is 1. The maximum Gasteiger partial charge on any atom is 0.255 e. The molecule has 3 aromatic rings. The molecule has 0 aromatic heterocycles. The predicted molar refractivity (Wildman–Crippen MR) is 134 cm³/mol. The van der Waals surface area contributed by atoms with Crippen molar-refractivity contribution in [2.75, 3.05) is 32.6 Å². The number of carbonyl (C=O) groups is 2. The summed E-state index contributed by atoms with van der Waals surface area (Å²) in [4.78, 5) is 27.3. The molecule has 0 heterocycles. The molecule has 0 saturated carbocycles. The first-order valence-corrected chi connectivity index (χ1v) is 11.4. The third-order valence-electron chi connectivity index (χ3n) is 5.34. The van der Waals surface area contributed by atoms with Crippen LogP contribution in [0, 0.1) is 11.6 Å². The molecular formula is C26H26ClF2N3O4. The number of hydrogen-bond donors (Lipinski definition) is 2. The summed E-state index contributed by atoms with van der Waals surface area (Å²) in [6, 6.07) is 12.3. The first-order chi connectivity index (χ1) is 17.2. The van der Waals surface area contributed by atoms with Gasteiger partial charge >= 0.3 is 0 Å². The lowest BCUT2D eigenvalue weighted by molar-refractivity contribution is 0.0741. The van der Waals surface area contributed by atoms with Gasteiger partial charge in [-0.25, -0.2) is 8.78 Å². The van der Waals surface area contributed by atoms with E-state index < -0.39 is 23.4 Å². The summed E-state index contributed by atoms with van der Waals surface area (Å²) in [7, 11) is 2.97. The van der Waals surface area contributed by atoms with E-state index in [9.17, 15) is 18.4 Å². The Morgan fingerprint density at radius 2 is 1.64 bits per heavy atom. The zero-order valence-corrected chi connectivity index (χ0v) is 20.6. The second-order valence-corrected chi connectivity index (χ2v) is 8.26. The molecular weight excluding hydrogens is 492 g/mol. The molecule has 3 aromatic carbocycles. The van der Waals surface area contributed by atoms with Crippen molar-refractivity contribution in [3.8, 4) is 11.5 Å². The standard InChI is InChI=1S/C26H26ClF2N3O4/c1-35-23-7-4-16(13-24(23)36-2)25(33)31-21-5-6-22(27)18(12-21)15-32(9-3-8-30)26(34)17-10-19(28)14-20(29)11-17/h4-7,10-14H,3,8-9,15,30H2,1-2H3,(H,31,33).